The van der Waals surface area contributed by atoms with Crippen molar-refractivity contribution in [1.82, 2.24) is 8.61 Å². The van der Waals surface area contributed by atoms with Crippen molar-refractivity contribution >= 4 is 22.6 Å². The number of nitrogens with two attached hydrogens (primary N) is 1. The van der Waals surface area contributed by atoms with Crippen molar-refractivity contribution in [2.75, 3.05) is 39.4 Å². The molecule has 1 aliphatic carbocycles. The van der Waals surface area contributed by atoms with Crippen LogP contribution < -0.4 is 5.73 Å². The Morgan fingerprint density at radius 1 is 1.05 bits per heavy atom. The van der Waals surface area contributed by atoms with E-state index in [2.05, 4.69) is 0 Å². The van der Waals surface area contributed by atoms with Crippen LogP contribution in [0.15, 0.2) is 0 Å². The van der Waals surface area contributed by atoms with E-state index in [1.165, 1.54) is 0 Å². The summed E-state index contributed by atoms with van der Waals surface area (Å²) < 4.78 is 33.6. The Labute approximate surface area is 127 Å². The molecule has 2 N–H and O–H groups in total. The van der Waals surface area contributed by atoms with Gasteiger partial charge in [0.05, 0.1) is 13.2 Å². The molecule has 2 heterocycles. The molecule has 3 aliphatic rings. The molecule has 0 aromatic rings. The third-order valence-electron chi connectivity index (χ3n) is 4.74. The molecule has 3 unspecified atom stereocenters. The number of fused-ring (bicyclic) bond motifs is 1. The van der Waals surface area contributed by atoms with Gasteiger partial charge in [-0.3, -0.25) is 0 Å². The van der Waals surface area contributed by atoms with Crippen LogP contribution in [0, 0.1) is 11.8 Å². The van der Waals surface area contributed by atoms with Crippen molar-refractivity contribution in [3.05, 3.63) is 0 Å². The van der Waals surface area contributed by atoms with Gasteiger partial charge in [-0.25, -0.2) is 0 Å². The molecule has 0 aromatic heterocycles. The molecule has 2 aliphatic heterocycles. The minimum Gasteiger partial charge on any atom is -0.379 e. The van der Waals surface area contributed by atoms with Crippen LogP contribution in [0.4, 0.5) is 0 Å². The molecule has 0 spiro atoms. The third-order valence-corrected chi connectivity index (χ3v) is 6.71. The SMILES string of the molecule is Cl.NC1CCCC2CN(S(=O)(=O)N3CCOCC3)CC12. The lowest BCUT2D eigenvalue weighted by Crippen LogP contribution is -2.48. The first-order chi connectivity index (χ1) is 9.09. The fourth-order valence-electron chi connectivity index (χ4n) is 3.60. The van der Waals surface area contributed by atoms with Gasteiger partial charge in [0.2, 0.25) is 0 Å². The molecule has 0 aromatic carbocycles. The minimum absolute atomic E-state index is 0. The zero-order valence-electron chi connectivity index (χ0n) is 11.6. The van der Waals surface area contributed by atoms with Crippen LogP contribution in [0.3, 0.4) is 0 Å². The lowest BCUT2D eigenvalue weighted by Gasteiger charge is -2.30. The largest absolute Gasteiger partial charge is 0.379 e. The third kappa shape index (κ3) is 2.98. The van der Waals surface area contributed by atoms with Crippen molar-refractivity contribution in [2.45, 2.75) is 25.3 Å². The molecular weight excluding hydrogens is 302 g/mol. The molecule has 3 fully saturated rings. The summed E-state index contributed by atoms with van der Waals surface area (Å²) in [4.78, 5) is 0. The van der Waals surface area contributed by atoms with E-state index in [-0.39, 0.29) is 18.4 Å². The smallest absolute Gasteiger partial charge is 0.282 e. The molecule has 0 bridgehead atoms. The van der Waals surface area contributed by atoms with Gasteiger partial charge in [-0.1, -0.05) is 6.42 Å². The number of hydrogen-bond acceptors (Lipinski definition) is 4. The van der Waals surface area contributed by atoms with E-state index in [0.29, 0.717) is 51.2 Å². The minimum atomic E-state index is -3.31. The quantitative estimate of drug-likeness (QED) is 0.778. The van der Waals surface area contributed by atoms with Gasteiger partial charge in [-0.05, 0) is 24.7 Å². The number of ether oxygens (including phenoxy) is 1. The predicted octanol–water partition coefficient (Wildman–Crippen LogP) is 0.0444. The summed E-state index contributed by atoms with van der Waals surface area (Å²) in [5, 5.41) is 0. The Morgan fingerprint density at radius 3 is 2.40 bits per heavy atom. The van der Waals surface area contributed by atoms with Gasteiger partial charge in [0.25, 0.3) is 10.2 Å². The Kier molecular flexibility index (Phi) is 5.31. The maximum Gasteiger partial charge on any atom is 0.282 e. The molecule has 0 amide bonds. The van der Waals surface area contributed by atoms with E-state index >= 15 is 0 Å². The summed E-state index contributed by atoms with van der Waals surface area (Å²) in [6.45, 7) is 3.20. The van der Waals surface area contributed by atoms with Gasteiger partial charge in [0, 0.05) is 32.2 Å². The monoisotopic (exact) mass is 325 g/mol. The van der Waals surface area contributed by atoms with Crippen molar-refractivity contribution in [3.8, 4) is 0 Å². The Morgan fingerprint density at radius 2 is 1.75 bits per heavy atom. The summed E-state index contributed by atoms with van der Waals surface area (Å²) >= 11 is 0. The van der Waals surface area contributed by atoms with Crippen LogP contribution in [0.25, 0.3) is 0 Å². The van der Waals surface area contributed by atoms with E-state index in [1.807, 2.05) is 0 Å². The van der Waals surface area contributed by atoms with Gasteiger partial charge in [0.15, 0.2) is 0 Å². The van der Waals surface area contributed by atoms with Crippen molar-refractivity contribution in [2.24, 2.45) is 17.6 Å². The highest BCUT2D eigenvalue weighted by molar-refractivity contribution is 7.86. The molecular formula is C12H24ClN3O3S. The average molecular weight is 326 g/mol. The predicted molar refractivity (Wildman–Crippen MR) is 78.9 cm³/mol. The van der Waals surface area contributed by atoms with Gasteiger partial charge < -0.3 is 10.5 Å². The fourth-order valence-corrected chi connectivity index (χ4v) is 5.28. The first kappa shape index (κ1) is 16.5. The maximum absolute atomic E-state index is 12.6. The van der Waals surface area contributed by atoms with Crippen LogP contribution in [0.5, 0.6) is 0 Å². The van der Waals surface area contributed by atoms with Crippen LogP contribution in [0.1, 0.15) is 19.3 Å². The number of hydrogen-bond donors (Lipinski definition) is 1. The van der Waals surface area contributed by atoms with Crippen LogP contribution in [-0.4, -0.2) is 62.5 Å². The van der Waals surface area contributed by atoms with Gasteiger partial charge >= 0.3 is 0 Å². The number of halogens is 1. The van der Waals surface area contributed by atoms with Crippen molar-refractivity contribution < 1.29 is 13.2 Å². The zero-order valence-corrected chi connectivity index (χ0v) is 13.2. The van der Waals surface area contributed by atoms with Crippen LogP contribution in [-0.2, 0) is 14.9 Å². The number of nitrogens with zero attached hydrogens (tertiary/aromatic N) is 2. The van der Waals surface area contributed by atoms with E-state index in [9.17, 15) is 8.42 Å². The van der Waals surface area contributed by atoms with Gasteiger partial charge in [0.1, 0.15) is 0 Å². The first-order valence-corrected chi connectivity index (χ1v) is 8.57. The summed E-state index contributed by atoms with van der Waals surface area (Å²) in [5.41, 5.74) is 6.15. The second-order valence-corrected chi connectivity index (χ2v) is 7.78. The molecule has 2 saturated heterocycles. The molecule has 3 rings (SSSR count). The Bertz CT molecular complexity index is 428. The molecule has 3 atom stereocenters. The summed E-state index contributed by atoms with van der Waals surface area (Å²) in [7, 11) is -3.31. The van der Waals surface area contributed by atoms with E-state index in [0.717, 1.165) is 19.3 Å². The van der Waals surface area contributed by atoms with E-state index in [1.54, 1.807) is 8.61 Å². The highest BCUT2D eigenvalue weighted by Crippen LogP contribution is 2.37. The van der Waals surface area contributed by atoms with Gasteiger partial charge in [-0.15, -0.1) is 12.4 Å². The second kappa shape index (κ2) is 6.46. The molecule has 118 valence electrons. The fraction of sp³-hybridized carbons (Fsp3) is 1.00. The zero-order chi connectivity index (χ0) is 13.5. The normalized spacial score (nSPS) is 36.4. The van der Waals surface area contributed by atoms with Crippen LogP contribution in [0.2, 0.25) is 0 Å². The Balaban J connectivity index is 0.00000147. The second-order valence-electron chi connectivity index (χ2n) is 5.85. The first-order valence-electron chi connectivity index (χ1n) is 7.17. The molecule has 8 heteroatoms. The van der Waals surface area contributed by atoms with Crippen molar-refractivity contribution in [3.63, 3.8) is 0 Å². The van der Waals surface area contributed by atoms with Crippen molar-refractivity contribution in [1.29, 1.82) is 0 Å². The number of rotatable bonds is 2. The molecule has 20 heavy (non-hydrogen) atoms. The molecule has 1 saturated carbocycles. The van der Waals surface area contributed by atoms with E-state index in [4.69, 9.17) is 10.5 Å². The van der Waals surface area contributed by atoms with Gasteiger partial charge in [-0.2, -0.15) is 17.0 Å². The highest BCUT2D eigenvalue weighted by atomic mass is 35.5. The summed E-state index contributed by atoms with van der Waals surface area (Å²) in [5.74, 6) is 0.809. The average Bonchev–Trinajstić information content (AvgIpc) is 2.86. The number of morpholine rings is 1. The van der Waals surface area contributed by atoms with Crippen LogP contribution >= 0.6 is 12.4 Å². The topological polar surface area (TPSA) is 75.9 Å². The summed E-state index contributed by atoms with van der Waals surface area (Å²) in [6.07, 6.45) is 3.29. The maximum atomic E-state index is 12.6. The molecule has 6 nitrogen and oxygen atoms in total. The standard InChI is InChI=1S/C12H23N3O3S.ClH/c13-12-3-1-2-10-8-15(9-11(10)12)19(16,17)14-4-6-18-7-5-14;/h10-12H,1-9,13H2;1H. The summed E-state index contributed by atoms with van der Waals surface area (Å²) in [6, 6.07) is 0.170. The Hall–Kier alpha value is 0.0800. The lowest BCUT2D eigenvalue weighted by atomic mass is 9.78. The van der Waals surface area contributed by atoms with E-state index < -0.39 is 10.2 Å². The lowest BCUT2D eigenvalue weighted by molar-refractivity contribution is 0.0705. The molecule has 0 radical (unpaired) electrons. The highest BCUT2D eigenvalue weighted by Gasteiger charge is 2.44.